The van der Waals surface area contributed by atoms with Crippen LogP contribution in [-0.4, -0.2) is 34.6 Å². The van der Waals surface area contributed by atoms with Crippen LogP contribution in [0, 0.1) is 0 Å². The zero-order chi connectivity index (χ0) is 12.4. The van der Waals surface area contributed by atoms with E-state index in [-0.39, 0.29) is 11.9 Å². The monoisotopic (exact) mass is 298 g/mol. The summed E-state index contributed by atoms with van der Waals surface area (Å²) in [5, 5.41) is 9.59. The molecule has 3 N–H and O–H groups in total. The third-order valence-corrected chi connectivity index (χ3v) is 3.48. The predicted molar refractivity (Wildman–Crippen MR) is 68.2 cm³/mol. The lowest BCUT2D eigenvalue weighted by atomic mass is 10.1. The van der Waals surface area contributed by atoms with Crippen LogP contribution < -0.4 is 5.73 Å². The molecule has 0 spiro atoms. The number of halogens is 1. The van der Waals surface area contributed by atoms with Crippen molar-refractivity contribution in [1.29, 1.82) is 0 Å². The van der Waals surface area contributed by atoms with Gasteiger partial charge in [-0.2, -0.15) is 0 Å². The Hall–Kier alpha value is -0.910. The van der Waals surface area contributed by atoms with Gasteiger partial charge in [-0.1, -0.05) is 28.1 Å². The summed E-state index contributed by atoms with van der Waals surface area (Å²) in [6, 6.07) is 7.54. The normalized spacial score (nSPS) is 25.1. The molecule has 0 aromatic heterocycles. The van der Waals surface area contributed by atoms with Gasteiger partial charge in [-0.15, -0.1) is 0 Å². The molecule has 1 amide bonds. The van der Waals surface area contributed by atoms with E-state index >= 15 is 0 Å². The molecule has 0 saturated carbocycles. The van der Waals surface area contributed by atoms with Gasteiger partial charge in [0.1, 0.15) is 0 Å². The van der Waals surface area contributed by atoms with Crippen LogP contribution in [0.5, 0.6) is 0 Å². The lowest BCUT2D eigenvalue weighted by Gasteiger charge is -2.21. The molecule has 1 heterocycles. The third kappa shape index (κ3) is 3.06. The maximum absolute atomic E-state index is 11.3. The van der Waals surface area contributed by atoms with Crippen LogP contribution in [0.25, 0.3) is 0 Å². The fourth-order valence-electron chi connectivity index (χ4n) is 2.22. The number of β-amino-alcohol motifs (C(OH)–C–C–N with tert-alkyl or cyclic N) is 1. The summed E-state index contributed by atoms with van der Waals surface area (Å²) in [5.41, 5.74) is 6.43. The smallest absolute Gasteiger partial charge is 0.234 e. The van der Waals surface area contributed by atoms with Crippen molar-refractivity contribution in [2.24, 2.45) is 5.73 Å². The average Bonchev–Trinajstić information content (AvgIpc) is 2.59. The van der Waals surface area contributed by atoms with Gasteiger partial charge in [0.15, 0.2) is 0 Å². The van der Waals surface area contributed by atoms with E-state index in [4.69, 9.17) is 5.73 Å². The Morgan fingerprint density at radius 3 is 3.00 bits per heavy atom. The van der Waals surface area contributed by atoms with Crippen LogP contribution in [0.1, 0.15) is 12.0 Å². The molecule has 0 unspecified atom stereocenters. The molecule has 17 heavy (non-hydrogen) atoms. The first-order valence-electron chi connectivity index (χ1n) is 5.52. The van der Waals surface area contributed by atoms with Crippen LogP contribution in [-0.2, 0) is 11.3 Å². The molecule has 1 aromatic carbocycles. The number of rotatable bonds is 3. The van der Waals surface area contributed by atoms with Crippen molar-refractivity contribution in [2.75, 3.05) is 6.54 Å². The number of likely N-dealkylation sites (tertiary alicyclic amines) is 1. The molecule has 0 radical (unpaired) electrons. The first kappa shape index (κ1) is 12.5. The number of aliphatic hydroxyl groups is 1. The lowest BCUT2D eigenvalue weighted by molar-refractivity contribution is -0.122. The molecule has 92 valence electrons. The van der Waals surface area contributed by atoms with E-state index < -0.39 is 6.10 Å². The number of aliphatic hydroxyl groups excluding tert-OH is 1. The highest BCUT2D eigenvalue weighted by Gasteiger charge is 2.34. The second kappa shape index (κ2) is 5.16. The topological polar surface area (TPSA) is 66.6 Å². The van der Waals surface area contributed by atoms with Crippen molar-refractivity contribution in [3.05, 3.63) is 34.3 Å². The van der Waals surface area contributed by atoms with Crippen molar-refractivity contribution in [2.45, 2.75) is 25.1 Å². The zero-order valence-corrected chi connectivity index (χ0v) is 10.9. The highest BCUT2D eigenvalue weighted by Crippen LogP contribution is 2.21. The SMILES string of the molecule is NC(=O)[C@H]1C[C@@H](O)CN1Cc1cccc(Br)c1. The summed E-state index contributed by atoms with van der Waals surface area (Å²) in [5.74, 6) is -0.364. The molecule has 1 fully saturated rings. The van der Waals surface area contributed by atoms with Gasteiger partial charge >= 0.3 is 0 Å². The molecule has 0 aliphatic carbocycles. The van der Waals surface area contributed by atoms with Gasteiger partial charge in [0, 0.05) is 17.6 Å². The van der Waals surface area contributed by atoms with Crippen molar-refractivity contribution >= 4 is 21.8 Å². The average molecular weight is 299 g/mol. The van der Waals surface area contributed by atoms with E-state index in [1.54, 1.807) is 0 Å². The number of carbonyl (C=O) groups excluding carboxylic acids is 1. The summed E-state index contributed by atoms with van der Waals surface area (Å²) in [7, 11) is 0. The minimum absolute atomic E-state index is 0.357. The Balaban J connectivity index is 2.09. The summed E-state index contributed by atoms with van der Waals surface area (Å²) in [4.78, 5) is 13.2. The van der Waals surface area contributed by atoms with Crippen LogP contribution in [0.15, 0.2) is 28.7 Å². The number of hydrogen-bond donors (Lipinski definition) is 2. The minimum atomic E-state index is -0.459. The number of nitrogens with two attached hydrogens (primary N) is 1. The predicted octanol–water partition coefficient (Wildman–Crippen LogP) is 0.870. The highest BCUT2D eigenvalue weighted by molar-refractivity contribution is 9.10. The van der Waals surface area contributed by atoms with E-state index in [0.29, 0.717) is 19.5 Å². The van der Waals surface area contributed by atoms with Gasteiger partial charge in [-0.25, -0.2) is 0 Å². The molecule has 2 rings (SSSR count). The number of hydrogen-bond acceptors (Lipinski definition) is 3. The van der Waals surface area contributed by atoms with E-state index in [2.05, 4.69) is 15.9 Å². The Kier molecular flexibility index (Phi) is 3.81. The van der Waals surface area contributed by atoms with Gasteiger partial charge < -0.3 is 10.8 Å². The molecule has 4 nitrogen and oxygen atoms in total. The fourth-order valence-corrected chi connectivity index (χ4v) is 2.67. The number of carbonyl (C=O) groups is 1. The van der Waals surface area contributed by atoms with E-state index in [0.717, 1.165) is 10.0 Å². The van der Waals surface area contributed by atoms with Crippen LogP contribution in [0.2, 0.25) is 0 Å². The van der Waals surface area contributed by atoms with Crippen LogP contribution in [0.4, 0.5) is 0 Å². The number of primary amides is 1. The summed E-state index contributed by atoms with van der Waals surface area (Å²) in [6.07, 6.45) is -0.0248. The minimum Gasteiger partial charge on any atom is -0.392 e. The summed E-state index contributed by atoms with van der Waals surface area (Å²) < 4.78 is 1.00. The lowest BCUT2D eigenvalue weighted by Crippen LogP contribution is -2.39. The van der Waals surface area contributed by atoms with Crippen molar-refractivity contribution in [3.63, 3.8) is 0 Å². The van der Waals surface area contributed by atoms with E-state index in [1.807, 2.05) is 29.2 Å². The molecule has 5 heteroatoms. The number of amides is 1. The van der Waals surface area contributed by atoms with Crippen molar-refractivity contribution in [1.82, 2.24) is 4.90 Å². The fraction of sp³-hybridized carbons (Fsp3) is 0.417. The summed E-state index contributed by atoms with van der Waals surface area (Å²) >= 11 is 3.41. The molecular weight excluding hydrogens is 284 g/mol. The molecular formula is C12H15BrN2O2. The van der Waals surface area contributed by atoms with E-state index in [9.17, 15) is 9.90 Å². The van der Waals surface area contributed by atoms with E-state index in [1.165, 1.54) is 0 Å². The molecule has 1 aliphatic heterocycles. The quantitative estimate of drug-likeness (QED) is 0.870. The number of nitrogens with zero attached hydrogens (tertiary/aromatic N) is 1. The van der Waals surface area contributed by atoms with Crippen molar-refractivity contribution < 1.29 is 9.90 Å². The maximum Gasteiger partial charge on any atom is 0.234 e. The highest BCUT2D eigenvalue weighted by atomic mass is 79.9. The summed E-state index contributed by atoms with van der Waals surface area (Å²) in [6.45, 7) is 1.13. The second-order valence-corrected chi connectivity index (χ2v) is 5.28. The molecule has 1 saturated heterocycles. The van der Waals surface area contributed by atoms with Gasteiger partial charge in [-0.3, -0.25) is 9.69 Å². The molecule has 1 aliphatic rings. The molecule has 0 bridgehead atoms. The van der Waals surface area contributed by atoms with Gasteiger partial charge in [-0.05, 0) is 24.1 Å². The first-order chi connectivity index (χ1) is 8.06. The first-order valence-corrected chi connectivity index (χ1v) is 6.31. The largest absolute Gasteiger partial charge is 0.392 e. The van der Waals surface area contributed by atoms with Crippen LogP contribution in [0.3, 0.4) is 0 Å². The second-order valence-electron chi connectivity index (χ2n) is 4.37. The maximum atomic E-state index is 11.3. The Labute approximate surface area is 109 Å². The van der Waals surface area contributed by atoms with Gasteiger partial charge in [0.2, 0.25) is 5.91 Å². The number of benzene rings is 1. The Bertz CT molecular complexity index is 425. The Morgan fingerprint density at radius 1 is 1.59 bits per heavy atom. The van der Waals surface area contributed by atoms with Gasteiger partial charge in [0.25, 0.3) is 0 Å². The molecule has 2 atom stereocenters. The van der Waals surface area contributed by atoms with Crippen molar-refractivity contribution in [3.8, 4) is 0 Å². The molecule has 1 aromatic rings. The van der Waals surface area contributed by atoms with Crippen LogP contribution >= 0.6 is 15.9 Å². The third-order valence-electron chi connectivity index (χ3n) is 2.98. The zero-order valence-electron chi connectivity index (χ0n) is 9.34. The standard InChI is InChI=1S/C12H15BrN2O2/c13-9-3-1-2-8(4-9)6-15-7-10(16)5-11(15)12(14)17/h1-4,10-11,16H,5-7H2,(H2,14,17)/t10-,11-/m1/s1. The Morgan fingerprint density at radius 2 is 2.35 bits per heavy atom. The van der Waals surface area contributed by atoms with Gasteiger partial charge in [0.05, 0.1) is 12.1 Å².